The van der Waals surface area contributed by atoms with E-state index in [2.05, 4.69) is 5.32 Å². The molecule has 0 fully saturated rings. The molecule has 1 aliphatic heterocycles. The molecule has 3 aromatic carbocycles. The fourth-order valence-electron chi connectivity index (χ4n) is 4.69. The van der Waals surface area contributed by atoms with Crippen LogP contribution in [0, 0.1) is 0 Å². The number of carbonyl (C=O) groups is 1. The van der Waals surface area contributed by atoms with Gasteiger partial charge in [0.1, 0.15) is 11.8 Å². The van der Waals surface area contributed by atoms with E-state index in [4.69, 9.17) is 4.74 Å². The summed E-state index contributed by atoms with van der Waals surface area (Å²) in [7, 11) is 1.85. The molecule has 3 aromatic rings. The Bertz CT molecular complexity index is 1320. The lowest BCUT2D eigenvalue weighted by atomic mass is 10.0. The Morgan fingerprint density at radius 1 is 1.09 bits per heavy atom. The predicted molar refractivity (Wildman–Crippen MR) is 137 cm³/mol. The number of rotatable bonds is 8. The van der Waals surface area contributed by atoms with Crippen LogP contribution in [0.5, 0.6) is 5.75 Å². The summed E-state index contributed by atoms with van der Waals surface area (Å²) < 4.78 is 34.1. The van der Waals surface area contributed by atoms with Crippen LogP contribution in [0.3, 0.4) is 0 Å². The first-order chi connectivity index (χ1) is 16.7. The minimum atomic E-state index is -3.82. The quantitative estimate of drug-likeness (QED) is 0.504. The molecule has 2 N–H and O–H groups in total. The number of quaternary nitrogens is 1. The Morgan fingerprint density at radius 3 is 2.54 bits per heavy atom. The van der Waals surface area contributed by atoms with E-state index in [0.717, 1.165) is 21.8 Å². The number of anilines is 1. The molecule has 4 rings (SSSR count). The maximum Gasteiger partial charge on any atom is 0.264 e. The zero-order valence-corrected chi connectivity index (χ0v) is 21.3. The first kappa shape index (κ1) is 24.8. The first-order valence-corrected chi connectivity index (χ1v) is 13.1. The molecule has 1 amide bonds. The molecule has 0 saturated heterocycles. The van der Waals surface area contributed by atoms with Crippen LogP contribution >= 0.6 is 0 Å². The largest absolute Gasteiger partial charge is 0.496 e. The molecular formula is C27H32N3O4S+. The molecule has 0 bridgehead atoms. The smallest absolute Gasteiger partial charge is 0.264 e. The van der Waals surface area contributed by atoms with Crippen molar-refractivity contribution in [1.82, 2.24) is 5.32 Å². The zero-order chi connectivity index (χ0) is 25.2. The lowest BCUT2D eigenvalue weighted by molar-refractivity contribution is -0.890. The molecule has 0 saturated carbocycles. The van der Waals surface area contributed by atoms with Crippen LogP contribution in [-0.4, -0.2) is 48.1 Å². The van der Waals surface area contributed by atoms with Gasteiger partial charge in [-0.2, -0.15) is 0 Å². The number of benzene rings is 3. The van der Waals surface area contributed by atoms with Crippen molar-refractivity contribution in [1.29, 1.82) is 0 Å². The minimum Gasteiger partial charge on any atom is -0.496 e. The lowest BCUT2D eigenvalue weighted by Crippen LogP contribution is -3.07. The van der Waals surface area contributed by atoms with E-state index in [9.17, 15) is 13.2 Å². The second-order valence-corrected chi connectivity index (χ2v) is 10.9. The van der Waals surface area contributed by atoms with Gasteiger partial charge in [-0.05, 0) is 55.3 Å². The number of hydrogen-bond donors (Lipinski definition) is 2. The van der Waals surface area contributed by atoms with Crippen LogP contribution < -0.4 is 19.3 Å². The number of methoxy groups -OCH3 is 1. The van der Waals surface area contributed by atoms with Crippen molar-refractivity contribution < 1.29 is 22.8 Å². The average Bonchev–Trinajstić information content (AvgIpc) is 3.20. The number of carbonyl (C=O) groups excluding carboxylic acids is 1. The number of likely N-dealkylation sites (N-methyl/N-ethyl adjacent to an activating group) is 1. The number of nitrogens with one attached hydrogen (secondary N) is 2. The molecule has 184 valence electrons. The minimum absolute atomic E-state index is 0.0380. The van der Waals surface area contributed by atoms with E-state index in [-0.39, 0.29) is 22.9 Å². The normalized spacial score (nSPS) is 16.1. The van der Waals surface area contributed by atoms with Crippen molar-refractivity contribution in [3.05, 3.63) is 89.5 Å². The third-order valence-corrected chi connectivity index (χ3v) is 8.40. The van der Waals surface area contributed by atoms with Gasteiger partial charge < -0.3 is 15.0 Å². The van der Waals surface area contributed by atoms with E-state index in [1.807, 2.05) is 69.6 Å². The number of ether oxygens (including phenoxy) is 1. The lowest BCUT2D eigenvalue weighted by Gasteiger charge is -2.25. The summed E-state index contributed by atoms with van der Waals surface area (Å²) in [4.78, 5) is 14.3. The third kappa shape index (κ3) is 4.90. The summed E-state index contributed by atoms with van der Waals surface area (Å²) in [5, 5.41) is 2.98. The van der Waals surface area contributed by atoms with Crippen molar-refractivity contribution >= 4 is 21.6 Å². The number of amides is 1. The molecule has 35 heavy (non-hydrogen) atoms. The van der Waals surface area contributed by atoms with E-state index in [1.54, 1.807) is 25.3 Å². The maximum absolute atomic E-state index is 13.6. The van der Waals surface area contributed by atoms with Gasteiger partial charge in [-0.25, -0.2) is 8.42 Å². The van der Waals surface area contributed by atoms with Gasteiger partial charge in [0.25, 0.3) is 15.9 Å². The SMILES string of the molecule is COc1ccccc1[C@@H](CNC(=O)c1cccc(S(=O)(=O)N2c3ccccc3C[C@H]2C)c1)[NH+](C)C. The van der Waals surface area contributed by atoms with Gasteiger partial charge in [0, 0.05) is 11.6 Å². The molecule has 7 nitrogen and oxygen atoms in total. The van der Waals surface area contributed by atoms with Gasteiger partial charge in [-0.15, -0.1) is 0 Å². The molecule has 0 spiro atoms. The maximum atomic E-state index is 13.6. The third-order valence-electron chi connectivity index (χ3n) is 6.48. The Balaban J connectivity index is 1.55. The molecule has 1 heterocycles. The molecule has 1 aliphatic rings. The van der Waals surface area contributed by atoms with Gasteiger partial charge in [0.05, 0.1) is 43.9 Å². The van der Waals surface area contributed by atoms with Crippen LogP contribution in [0.1, 0.15) is 34.5 Å². The first-order valence-electron chi connectivity index (χ1n) is 11.7. The topological polar surface area (TPSA) is 80.1 Å². The fourth-order valence-corrected chi connectivity index (χ4v) is 6.43. The van der Waals surface area contributed by atoms with Crippen molar-refractivity contribution in [2.45, 2.75) is 30.3 Å². The highest BCUT2D eigenvalue weighted by Gasteiger charge is 2.36. The highest BCUT2D eigenvalue weighted by molar-refractivity contribution is 7.92. The average molecular weight is 495 g/mol. The van der Waals surface area contributed by atoms with Crippen molar-refractivity contribution in [2.75, 3.05) is 32.1 Å². The summed E-state index contributed by atoms with van der Waals surface area (Å²) in [6, 6.07) is 21.3. The highest BCUT2D eigenvalue weighted by atomic mass is 32.2. The van der Waals surface area contributed by atoms with Gasteiger partial charge in [0.2, 0.25) is 0 Å². The molecule has 0 unspecified atom stereocenters. The molecule has 0 radical (unpaired) electrons. The Morgan fingerprint density at radius 2 is 1.80 bits per heavy atom. The molecule has 0 aliphatic carbocycles. The fraction of sp³-hybridized carbons (Fsp3) is 0.296. The monoisotopic (exact) mass is 494 g/mol. The van der Waals surface area contributed by atoms with Crippen molar-refractivity contribution in [2.24, 2.45) is 0 Å². The van der Waals surface area contributed by atoms with Gasteiger partial charge in [0.15, 0.2) is 0 Å². The van der Waals surface area contributed by atoms with Gasteiger partial charge >= 0.3 is 0 Å². The predicted octanol–water partition coefficient (Wildman–Crippen LogP) is 2.45. The Kier molecular flexibility index (Phi) is 7.14. The number of fused-ring (bicyclic) bond motifs is 1. The van der Waals surface area contributed by atoms with E-state index < -0.39 is 10.0 Å². The van der Waals surface area contributed by atoms with Crippen LogP contribution in [0.15, 0.2) is 77.7 Å². The van der Waals surface area contributed by atoms with Crippen LogP contribution in [0.25, 0.3) is 0 Å². The van der Waals surface area contributed by atoms with Crippen LogP contribution in [0.2, 0.25) is 0 Å². The van der Waals surface area contributed by atoms with Crippen LogP contribution in [-0.2, 0) is 16.4 Å². The molecule has 0 aromatic heterocycles. The molecular weight excluding hydrogens is 462 g/mol. The summed E-state index contributed by atoms with van der Waals surface area (Å²) in [6.45, 7) is 2.27. The van der Waals surface area contributed by atoms with Gasteiger partial charge in [-0.1, -0.05) is 36.4 Å². The Hall–Kier alpha value is -3.36. The van der Waals surface area contributed by atoms with E-state index >= 15 is 0 Å². The van der Waals surface area contributed by atoms with Crippen molar-refractivity contribution in [3.63, 3.8) is 0 Å². The van der Waals surface area contributed by atoms with Crippen LogP contribution in [0.4, 0.5) is 5.69 Å². The second kappa shape index (κ2) is 10.1. The highest BCUT2D eigenvalue weighted by Crippen LogP contribution is 2.36. The summed E-state index contributed by atoms with van der Waals surface area (Å²) in [6.07, 6.45) is 0.660. The number of nitrogens with zero attached hydrogens (tertiary/aromatic N) is 1. The van der Waals surface area contributed by atoms with Gasteiger partial charge in [-0.3, -0.25) is 9.10 Å². The summed E-state index contributed by atoms with van der Waals surface area (Å²) >= 11 is 0. The molecule has 8 heteroatoms. The van der Waals surface area contributed by atoms with E-state index in [1.165, 1.54) is 10.4 Å². The zero-order valence-electron chi connectivity index (χ0n) is 20.5. The number of sulfonamides is 1. The molecule has 2 atom stereocenters. The standard InChI is InChI=1S/C27H31N3O4S/c1-19-16-20-10-5-7-14-24(20)30(19)35(32,33)22-12-9-11-21(17-22)27(31)28-18-25(29(2)3)23-13-6-8-15-26(23)34-4/h5-15,17,19,25H,16,18H2,1-4H3,(H,28,31)/p+1/t19-,25-/m1/s1. The summed E-state index contributed by atoms with van der Waals surface area (Å²) in [5.74, 6) is 0.444. The number of para-hydroxylation sites is 2. The number of hydrogen-bond acceptors (Lipinski definition) is 4. The van der Waals surface area contributed by atoms with Crippen molar-refractivity contribution in [3.8, 4) is 5.75 Å². The Labute approximate surface area is 207 Å². The summed E-state index contributed by atoms with van der Waals surface area (Å²) in [5.41, 5.74) is 3.00. The second-order valence-electron chi connectivity index (χ2n) is 9.09. The van der Waals surface area contributed by atoms with E-state index in [0.29, 0.717) is 24.2 Å².